The molecule has 5 nitrogen and oxygen atoms in total. The lowest BCUT2D eigenvalue weighted by Crippen LogP contribution is -2.30. The summed E-state index contributed by atoms with van der Waals surface area (Å²) in [6.07, 6.45) is 0. The molecule has 1 saturated heterocycles. The van der Waals surface area contributed by atoms with Crippen LogP contribution in [0.5, 0.6) is 5.75 Å². The van der Waals surface area contributed by atoms with E-state index in [9.17, 15) is 23.5 Å². The highest BCUT2D eigenvalue weighted by Gasteiger charge is 2.47. The SMILES string of the molecule is CCOc1ccc(/C(O)=C2\C(=O)C(=O)N(c3ccc(F)cc3F)C2c2cccc(C)c2)cc1C. The fourth-order valence-corrected chi connectivity index (χ4v) is 4.18. The minimum atomic E-state index is -1.10. The van der Waals surface area contributed by atoms with E-state index in [1.165, 1.54) is 0 Å². The molecule has 3 aromatic carbocycles. The summed E-state index contributed by atoms with van der Waals surface area (Å²) in [5, 5.41) is 11.2. The standard InChI is InChI=1S/C27H23F2NO4/c1-4-34-22-11-8-18(13-16(22)3)25(31)23-24(17-7-5-6-15(2)12-17)30(27(33)26(23)32)21-10-9-19(28)14-20(21)29/h5-14,24,31H,4H2,1-3H3/b25-23+. The molecule has 0 saturated carbocycles. The summed E-state index contributed by atoms with van der Waals surface area (Å²) in [5.74, 6) is -3.53. The zero-order chi connectivity index (χ0) is 24.6. The predicted octanol–water partition coefficient (Wildman–Crippen LogP) is 5.61. The van der Waals surface area contributed by atoms with Gasteiger partial charge >= 0.3 is 0 Å². The van der Waals surface area contributed by atoms with E-state index in [1.54, 1.807) is 43.3 Å². The number of nitrogens with zero attached hydrogens (tertiary/aromatic N) is 1. The molecule has 1 N–H and O–H groups in total. The molecule has 0 radical (unpaired) electrons. The number of aliphatic hydroxyl groups excluding tert-OH is 1. The Morgan fingerprint density at radius 1 is 1.03 bits per heavy atom. The van der Waals surface area contributed by atoms with Crippen LogP contribution < -0.4 is 9.64 Å². The van der Waals surface area contributed by atoms with Crippen LogP contribution in [0.2, 0.25) is 0 Å². The van der Waals surface area contributed by atoms with Crippen molar-refractivity contribution >= 4 is 23.1 Å². The van der Waals surface area contributed by atoms with E-state index >= 15 is 0 Å². The van der Waals surface area contributed by atoms with Crippen LogP contribution in [0.3, 0.4) is 0 Å². The first-order chi connectivity index (χ1) is 16.2. The lowest BCUT2D eigenvalue weighted by Gasteiger charge is -2.26. The molecule has 4 rings (SSSR count). The Kier molecular flexibility index (Phi) is 6.20. The molecular weight excluding hydrogens is 440 g/mol. The molecule has 0 aromatic heterocycles. The Morgan fingerprint density at radius 2 is 1.79 bits per heavy atom. The maximum Gasteiger partial charge on any atom is 0.300 e. The second kappa shape index (κ2) is 9.09. The number of amides is 1. The number of Topliss-reactive ketones (excluding diaryl/α,β-unsaturated/α-hetero) is 1. The van der Waals surface area contributed by atoms with Crippen molar-refractivity contribution in [2.24, 2.45) is 0 Å². The average Bonchev–Trinajstić information content (AvgIpc) is 3.05. The molecule has 1 amide bonds. The van der Waals surface area contributed by atoms with E-state index in [0.717, 1.165) is 28.2 Å². The molecule has 1 fully saturated rings. The maximum absolute atomic E-state index is 14.8. The first kappa shape index (κ1) is 23.2. The zero-order valence-electron chi connectivity index (χ0n) is 18.9. The number of hydrogen-bond acceptors (Lipinski definition) is 4. The van der Waals surface area contributed by atoms with Crippen molar-refractivity contribution in [3.8, 4) is 5.75 Å². The number of benzene rings is 3. The summed E-state index contributed by atoms with van der Waals surface area (Å²) in [4.78, 5) is 27.3. The first-order valence-electron chi connectivity index (χ1n) is 10.8. The summed E-state index contributed by atoms with van der Waals surface area (Å²) >= 11 is 0. The topological polar surface area (TPSA) is 66.8 Å². The lowest BCUT2D eigenvalue weighted by molar-refractivity contribution is -0.132. The molecule has 174 valence electrons. The summed E-state index contributed by atoms with van der Waals surface area (Å²) < 4.78 is 33.9. The minimum Gasteiger partial charge on any atom is -0.507 e. The molecule has 1 atom stereocenters. The number of anilines is 1. The maximum atomic E-state index is 14.8. The Morgan fingerprint density at radius 3 is 2.44 bits per heavy atom. The van der Waals surface area contributed by atoms with Crippen LogP contribution in [0.1, 0.15) is 35.2 Å². The van der Waals surface area contributed by atoms with Crippen LogP contribution in [0, 0.1) is 25.5 Å². The monoisotopic (exact) mass is 463 g/mol. The number of rotatable bonds is 5. The number of ether oxygens (including phenoxy) is 1. The van der Waals surface area contributed by atoms with Crippen molar-refractivity contribution in [1.29, 1.82) is 0 Å². The van der Waals surface area contributed by atoms with Gasteiger partial charge in [0.1, 0.15) is 23.1 Å². The molecule has 34 heavy (non-hydrogen) atoms. The van der Waals surface area contributed by atoms with Crippen LogP contribution in [0.15, 0.2) is 66.2 Å². The van der Waals surface area contributed by atoms with Gasteiger partial charge in [-0.3, -0.25) is 14.5 Å². The fourth-order valence-electron chi connectivity index (χ4n) is 4.18. The van der Waals surface area contributed by atoms with Gasteiger partial charge in [0.05, 0.1) is 23.9 Å². The van der Waals surface area contributed by atoms with Gasteiger partial charge in [0.15, 0.2) is 0 Å². The van der Waals surface area contributed by atoms with Crippen molar-refractivity contribution in [2.45, 2.75) is 26.8 Å². The lowest BCUT2D eigenvalue weighted by atomic mass is 9.93. The second-order valence-electron chi connectivity index (χ2n) is 8.09. The molecule has 0 bridgehead atoms. The quantitative estimate of drug-likeness (QED) is 0.304. The third-order valence-corrected chi connectivity index (χ3v) is 5.72. The van der Waals surface area contributed by atoms with Gasteiger partial charge in [0, 0.05) is 11.6 Å². The molecule has 1 heterocycles. The molecule has 7 heteroatoms. The first-order valence-corrected chi connectivity index (χ1v) is 10.8. The average molecular weight is 463 g/mol. The van der Waals surface area contributed by atoms with Gasteiger partial charge in [0.25, 0.3) is 11.7 Å². The number of carbonyl (C=O) groups excluding carboxylic acids is 2. The smallest absolute Gasteiger partial charge is 0.300 e. The van der Waals surface area contributed by atoms with Gasteiger partial charge in [-0.05, 0) is 62.2 Å². The highest BCUT2D eigenvalue weighted by molar-refractivity contribution is 6.51. The molecular formula is C27H23F2NO4. The molecule has 3 aromatic rings. The summed E-state index contributed by atoms with van der Waals surface area (Å²) in [6.45, 7) is 5.95. The number of aryl methyl sites for hydroxylation is 2. The zero-order valence-corrected chi connectivity index (χ0v) is 18.9. The highest BCUT2D eigenvalue weighted by atomic mass is 19.1. The van der Waals surface area contributed by atoms with Crippen molar-refractivity contribution < 1.29 is 28.2 Å². The van der Waals surface area contributed by atoms with E-state index in [-0.39, 0.29) is 17.0 Å². The van der Waals surface area contributed by atoms with Crippen molar-refractivity contribution in [2.75, 3.05) is 11.5 Å². The van der Waals surface area contributed by atoms with Gasteiger partial charge < -0.3 is 9.84 Å². The van der Waals surface area contributed by atoms with Crippen molar-refractivity contribution in [3.05, 3.63) is 100 Å². The largest absolute Gasteiger partial charge is 0.507 e. The van der Waals surface area contributed by atoms with Crippen LogP contribution in [-0.2, 0) is 9.59 Å². The van der Waals surface area contributed by atoms with Crippen LogP contribution in [-0.4, -0.2) is 23.4 Å². The number of carbonyl (C=O) groups is 2. The van der Waals surface area contributed by atoms with E-state index < -0.39 is 29.4 Å². The highest BCUT2D eigenvalue weighted by Crippen LogP contribution is 2.43. The van der Waals surface area contributed by atoms with Crippen LogP contribution >= 0.6 is 0 Å². The van der Waals surface area contributed by atoms with Gasteiger partial charge in [-0.1, -0.05) is 29.8 Å². The predicted molar refractivity (Wildman–Crippen MR) is 125 cm³/mol. The Hall–Kier alpha value is -4.00. The molecule has 1 aliphatic heterocycles. The van der Waals surface area contributed by atoms with E-state index in [1.807, 2.05) is 19.9 Å². The van der Waals surface area contributed by atoms with Crippen molar-refractivity contribution in [1.82, 2.24) is 0 Å². The minimum absolute atomic E-state index is 0.178. The fraction of sp³-hybridized carbons (Fsp3) is 0.185. The molecule has 1 unspecified atom stereocenters. The number of halogens is 2. The van der Waals surface area contributed by atoms with Crippen LogP contribution in [0.4, 0.5) is 14.5 Å². The summed E-state index contributed by atoms with van der Waals surface area (Å²) in [5.41, 5.74) is 1.97. The van der Waals surface area contributed by atoms with E-state index in [2.05, 4.69) is 0 Å². The number of hydrogen-bond donors (Lipinski definition) is 1. The third-order valence-electron chi connectivity index (χ3n) is 5.72. The summed E-state index contributed by atoms with van der Waals surface area (Å²) in [7, 11) is 0. The van der Waals surface area contributed by atoms with Crippen molar-refractivity contribution in [3.63, 3.8) is 0 Å². The third kappa shape index (κ3) is 4.05. The molecule has 0 spiro atoms. The van der Waals surface area contributed by atoms with Gasteiger partial charge in [-0.25, -0.2) is 8.78 Å². The molecule has 1 aliphatic rings. The Balaban J connectivity index is 1.94. The second-order valence-corrected chi connectivity index (χ2v) is 8.09. The van der Waals surface area contributed by atoms with Crippen LogP contribution in [0.25, 0.3) is 5.76 Å². The Labute approximate surface area is 195 Å². The Bertz CT molecular complexity index is 1330. The number of ketones is 1. The van der Waals surface area contributed by atoms with E-state index in [0.29, 0.717) is 29.5 Å². The summed E-state index contributed by atoms with van der Waals surface area (Å²) in [6, 6.07) is 13.6. The normalized spacial score (nSPS) is 17.3. The van der Waals surface area contributed by atoms with E-state index in [4.69, 9.17) is 4.74 Å². The van der Waals surface area contributed by atoms with Gasteiger partial charge in [0.2, 0.25) is 0 Å². The van der Waals surface area contributed by atoms with Gasteiger partial charge in [-0.15, -0.1) is 0 Å². The number of aliphatic hydroxyl groups is 1. The van der Waals surface area contributed by atoms with Gasteiger partial charge in [-0.2, -0.15) is 0 Å². The molecule has 0 aliphatic carbocycles.